The Morgan fingerprint density at radius 2 is 1.76 bits per heavy atom. The van der Waals surface area contributed by atoms with E-state index in [1.54, 1.807) is 7.11 Å². The molecule has 0 saturated carbocycles. The van der Waals surface area contributed by atoms with E-state index in [0.29, 0.717) is 11.7 Å². The predicted octanol–water partition coefficient (Wildman–Crippen LogP) is 5.07. The first-order valence-corrected chi connectivity index (χ1v) is 11.7. The van der Waals surface area contributed by atoms with E-state index < -0.39 is 0 Å². The van der Waals surface area contributed by atoms with Gasteiger partial charge in [-0.15, -0.1) is 0 Å². The van der Waals surface area contributed by atoms with Gasteiger partial charge in [0, 0.05) is 35.5 Å². The average Bonchev–Trinajstić information content (AvgIpc) is 3.35. The summed E-state index contributed by atoms with van der Waals surface area (Å²) in [6.07, 6.45) is 3.65. The lowest BCUT2D eigenvalue weighted by molar-refractivity contribution is 0.307. The van der Waals surface area contributed by atoms with Crippen LogP contribution in [-0.2, 0) is 6.54 Å². The van der Waals surface area contributed by atoms with Crippen LogP contribution in [0.5, 0.6) is 5.75 Å². The molecule has 1 N–H and O–H groups in total. The van der Waals surface area contributed by atoms with Gasteiger partial charge in [0.25, 0.3) is 0 Å². The van der Waals surface area contributed by atoms with Crippen molar-refractivity contribution in [1.82, 2.24) is 24.8 Å². The Balaban J connectivity index is 1.62. The van der Waals surface area contributed by atoms with E-state index in [9.17, 15) is 0 Å². The number of nitrogens with one attached hydrogen (secondary N) is 1. The van der Waals surface area contributed by atoms with Crippen LogP contribution in [-0.4, -0.2) is 31.7 Å². The Kier molecular flexibility index (Phi) is 6.02. The van der Waals surface area contributed by atoms with Gasteiger partial charge in [0.1, 0.15) is 5.75 Å². The molecule has 2 atom stereocenters. The van der Waals surface area contributed by atoms with Gasteiger partial charge < -0.3 is 19.5 Å². The molecule has 1 saturated heterocycles. The minimum Gasteiger partial charge on any atom is -0.497 e. The molecule has 172 valence electrons. The van der Waals surface area contributed by atoms with Crippen LogP contribution < -0.4 is 10.1 Å². The van der Waals surface area contributed by atoms with Gasteiger partial charge in [-0.2, -0.15) is 0 Å². The van der Waals surface area contributed by atoms with E-state index in [2.05, 4.69) is 62.9 Å². The smallest absolute Gasteiger partial charge is 0.170 e. The van der Waals surface area contributed by atoms with Crippen molar-refractivity contribution in [3.8, 4) is 11.4 Å². The predicted molar refractivity (Wildman–Crippen MR) is 137 cm³/mol. The fourth-order valence-electron chi connectivity index (χ4n) is 4.81. The van der Waals surface area contributed by atoms with Gasteiger partial charge >= 0.3 is 0 Å². The first-order valence-electron chi connectivity index (χ1n) is 11.3. The van der Waals surface area contributed by atoms with Crippen LogP contribution in [0, 0.1) is 13.8 Å². The second-order valence-electron chi connectivity index (χ2n) is 8.44. The number of aromatic nitrogens is 3. The van der Waals surface area contributed by atoms with E-state index in [-0.39, 0.29) is 12.1 Å². The highest BCUT2D eigenvalue weighted by molar-refractivity contribution is 7.80. The fraction of sp³-hybridized carbons (Fsp3) is 0.222. The molecule has 34 heavy (non-hydrogen) atoms. The third kappa shape index (κ3) is 4.03. The summed E-state index contributed by atoms with van der Waals surface area (Å²) in [5.74, 6) is 0.832. The van der Waals surface area contributed by atoms with Gasteiger partial charge in [0.15, 0.2) is 5.11 Å². The highest BCUT2D eigenvalue weighted by Gasteiger charge is 2.41. The van der Waals surface area contributed by atoms with Gasteiger partial charge in [0.2, 0.25) is 0 Å². The number of aryl methyl sites for hydroxylation is 1. The number of pyridine rings is 2. The number of benzene rings is 1. The molecule has 0 spiro atoms. The minimum atomic E-state index is -0.0725. The molecule has 1 aliphatic heterocycles. The van der Waals surface area contributed by atoms with Crippen LogP contribution in [0.2, 0.25) is 0 Å². The van der Waals surface area contributed by atoms with Crippen molar-refractivity contribution in [3.05, 3.63) is 107 Å². The van der Waals surface area contributed by atoms with E-state index in [0.717, 1.165) is 34.2 Å². The molecular formula is C27H27N5OS. The first-order chi connectivity index (χ1) is 16.6. The van der Waals surface area contributed by atoms with E-state index in [1.807, 2.05) is 54.9 Å². The SMILES string of the molecule is COc1cccc(-n2c(C)cc([C@@H]3[C@H](c4ccccn4)NC(=S)N3Cc3ccccn3)c2C)c1. The quantitative estimate of drug-likeness (QED) is 0.398. The Hall–Kier alpha value is -3.71. The van der Waals surface area contributed by atoms with Gasteiger partial charge in [-0.1, -0.05) is 18.2 Å². The van der Waals surface area contributed by atoms with Crippen LogP contribution in [0.3, 0.4) is 0 Å². The molecule has 1 aliphatic rings. The number of thiocarbonyl (C=S) groups is 1. The largest absolute Gasteiger partial charge is 0.497 e. The highest BCUT2D eigenvalue weighted by Crippen LogP contribution is 2.42. The molecule has 4 heterocycles. The Bertz CT molecular complexity index is 1310. The van der Waals surface area contributed by atoms with E-state index in [1.165, 1.54) is 5.56 Å². The van der Waals surface area contributed by atoms with Crippen molar-refractivity contribution in [2.24, 2.45) is 0 Å². The summed E-state index contributed by atoms with van der Waals surface area (Å²) in [6, 6.07) is 22.3. The molecule has 4 aromatic rings. The molecule has 5 rings (SSSR count). The lowest BCUT2D eigenvalue weighted by atomic mass is 9.96. The molecule has 6 nitrogen and oxygen atoms in total. The molecule has 1 aromatic carbocycles. The van der Waals surface area contributed by atoms with Crippen molar-refractivity contribution >= 4 is 17.3 Å². The molecule has 7 heteroatoms. The zero-order chi connectivity index (χ0) is 23.7. The monoisotopic (exact) mass is 469 g/mol. The van der Waals surface area contributed by atoms with Gasteiger partial charge in [-0.3, -0.25) is 9.97 Å². The summed E-state index contributed by atoms with van der Waals surface area (Å²) in [5.41, 5.74) is 6.52. The average molecular weight is 470 g/mol. The van der Waals surface area contributed by atoms with Crippen LogP contribution in [0.15, 0.2) is 79.1 Å². The van der Waals surface area contributed by atoms with Crippen LogP contribution in [0.4, 0.5) is 0 Å². The van der Waals surface area contributed by atoms with E-state index in [4.69, 9.17) is 17.0 Å². The maximum absolute atomic E-state index is 5.84. The topological polar surface area (TPSA) is 55.2 Å². The van der Waals surface area contributed by atoms with Crippen molar-refractivity contribution < 1.29 is 4.74 Å². The summed E-state index contributed by atoms with van der Waals surface area (Å²) >= 11 is 5.84. The zero-order valence-electron chi connectivity index (χ0n) is 19.5. The number of rotatable bonds is 6. The third-order valence-electron chi connectivity index (χ3n) is 6.36. The summed E-state index contributed by atoms with van der Waals surface area (Å²) in [6.45, 7) is 4.91. The molecule has 0 aliphatic carbocycles. The molecule has 3 aromatic heterocycles. The van der Waals surface area contributed by atoms with Crippen LogP contribution in [0.1, 0.15) is 40.4 Å². The molecule has 1 fully saturated rings. The molecule has 0 radical (unpaired) electrons. The maximum atomic E-state index is 5.84. The molecule has 0 amide bonds. The van der Waals surface area contributed by atoms with Gasteiger partial charge in [0.05, 0.1) is 37.1 Å². The number of methoxy groups -OCH3 is 1. The second kappa shape index (κ2) is 9.27. The number of nitrogens with zero attached hydrogens (tertiary/aromatic N) is 4. The summed E-state index contributed by atoms with van der Waals surface area (Å²) in [5, 5.41) is 4.25. The van der Waals surface area contributed by atoms with Crippen LogP contribution in [0.25, 0.3) is 5.69 Å². The summed E-state index contributed by atoms with van der Waals surface area (Å²) in [7, 11) is 1.69. The second-order valence-corrected chi connectivity index (χ2v) is 8.83. The minimum absolute atomic E-state index is 0.0324. The Labute approximate surface area is 205 Å². The van der Waals surface area contributed by atoms with Crippen molar-refractivity contribution in [2.75, 3.05) is 7.11 Å². The van der Waals surface area contributed by atoms with Crippen molar-refractivity contribution in [3.63, 3.8) is 0 Å². The van der Waals surface area contributed by atoms with Gasteiger partial charge in [-0.05, 0) is 74.1 Å². The number of hydrogen-bond donors (Lipinski definition) is 1. The van der Waals surface area contributed by atoms with Gasteiger partial charge in [-0.25, -0.2) is 0 Å². The lowest BCUT2D eigenvalue weighted by Gasteiger charge is -2.28. The highest BCUT2D eigenvalue weighted by atomic mass is 32.1. The first kappa shape index (κ1) is 22.1. The Morgan fingerprint density at radius 1 is 0.971 bits per heavy atom. The lowest BCUT2D eigenvalue weighted by Crippen LogP contribution is -2.29. The zero-order valence-corrected chi connectivity index (χ0v) is 20.3. The Morgan fingerprint density at radius 3 is 2.47 bits per heavy atom. The van der Waals surface area contributed by atoms with Crippen molar-refractivity contribution in [1.29, 1.82) is 0 Å². The maximum Gasteiger partial charge on any atom is 0.170 e. The van der Waals surface area contributed by atoms with E-state index >= 15 is 0 Å². The third-order valence-corrected chi connectivity index (χ3v) is 6.71. The van der Waals surface area contributed by atoms with Crippen molar-refractivity contribution in [2.45, 2.75) is 32.5 Å². The molecule has 0 unspecified atom stereocenters. The normalized spacial score (nSPS) is 17.6. The fourth-order valence-corrected chi connectivity index (χ4v) is 5.12. The standard InChI is InChI=1S/C27H27N5OS/c1-18-15-23(19(2)32(18)21-10-8-11-22(16-21)33-3)26-25(24-12-5-7-14-29-24)30-27(34)31(26)17-20-9-4-6-13-28-20/h4-16,25-26H,17H2,1-3H3,(H,30,34)/t25-,26+/m0/s1. The van der Waals surface area contributed by atoms with Crippen LogP contribution >= 0.6 is 12.2 Å². The summed E-state index contributed by atoms with van der Waals surface area (Å²) < 4.78 is 7.74. The molecular weight excluding hydrogens is 442 g/mol. The number of hydrogen-bond acceptors (Lipinski definition) is 4. The number of ether oxygens (including phenoxy) is 1. The summed E-state index contributed by atoms with van der Waals surface area (Å²) in [4.78, 5) is 11.4. The molecule has 0 bridgehead atoms.